The molecule has 4 rings (SSSR count). The van der Waals surface area contributed by atoms with Crippen LogP contribution < -0.4 is 0 Å². The third-order valence-electron chi connectivity index (χ3n) is 6.86. The van der Waals surface area contributed by atoms with Gasteiger partial charge in [-0.05, 0) is 53.0 Å². The minimum Gasteiger partial charge on any atom is -0.331 e. The highest BCUT2D eigenvalue weighted by Crippen LogP contribution is 2.38. The van der Waals surface area contributed by atoms with Crippen molar-refractivity contribution in [2.75, 3.05) is 0 Å². The van der Waals surface area contributed by atoms with Crippen LogP contribution in [0.3, 0.4) is 0 Å². The number of nitrogens with zero attached hydrogens (tertiary/aromatic N) is 1. The fraction of sp³-hybridized carbons (Fsp3) is 0.393. The third-order valence-corrected chi connectivity index (χ3v) is 6.86. The molecule has 3 aromatic rings. The van der Waals surface area contributed by atoms with Crippen LogP contribution in [0.4, 0.5) is 0 Å². The molecule has 1 amide bonds. The molecule has 0 aliphatic heterocycles. The highest BCUT2D eigenvalue weighted by molar-refractivity contribution is 6.07. The zero-order valence-electron chi connectivity index (χ0n) is 18.4. The van der Waals surface area contributed by atoms with Crippen molar-refractivity contribution < 1.29 is 4.79 Å². The van der Waals surface area contributed by atoms with Gasteiger partial charge in [-0.1, -0.05) is 93.9 Å². The first-order chi connectivity index (χ1) is 14.5. The quantitative estimate of drug-likeness (QED) is 0.455. The average Bonchev–Trinajstić information content (AvgIpc) is 2.77. The lowest BCUT2D eigenvalue weighted by Gasteiger charge is -2.44. The first kappa shape index (κ1) is 20.7. The number of carbonyl (C=O) groups is 1. The van der Waals surface area contributed by atoms with E-state index in [4.69, 9.17) is 0 Å². The average molecular weight is 400 g/mol. The summed E-state index contributed by atoms with van der Waals surface area (Å²) in [5, 5.41) is 2.17. The van der Waals surface area contributed by atoms with Crippen molar-refractivity contribution in [1.29, 1.82) is 0 Å². The van der Waals surface area contributed by atoms with E-state index in [-0.39, 0.29) is 11.9 Å². The van der Waals surface area contributed by atoms with Crippen LogP contribution >= 0.6 is 0 Å². The van der Waals surface area contributed by atoms with Gasteiger partial charge < -0.3 is 4.90 Å². The van der Waals surface area contributed by atoms with E-state index in [0.29, 0.717) is 24.3 Å². The second-order valence-corrected chi connectivity index (χ2v) is 9.34. The Morgan fingerprint density at radius 3 is 2.40 bits per heavy atom. The first-order valence-electron chi connectivity index (χ1n) is 11.4. The van der Waals surface area contributed by atoms with Crippen LogP contribution in [0.5, 0.6) is 0 Å². The molecule has 1 aliphatic carbocycles. The van der Waals surface area contributed by atoms with Gasteiger partial charge in [-0.2, -0.15) is 0 Å². The van der Waals surface area contributed by atoms with Crippen molar-refractivity contribution in [3.63, 3.8) is 0 Å². The Bertz CT molecular complexity index is 988. The Kier molecular flexibility index (Phi) is 6.22. The van der Waals surface area contributed by atoms with Crippen molar-refractivity contribution in [2.45, 2.75) is 52.6 Å². The highest BCUT2D eigenvalue weighted by Gasteiger charge is 2.37. The smallest absolute Gasteiger partial charge is 0.255 e. The number of fused-ring (bicyclic) bond motifs is 1. The van der Waals surface area contributed by atoms with Gasteiger partial charge in [-0.25, -0.2) is 0 Å². The van der Waals surface area contributed by atoms with E-state index in [9.17, 15) is 4.79 Å². The Balaban J connectivity index is 1.77. The summed E-state index contributed by atoms with van der Waals surface area (Å²) in [6, 6.07) is 25.1. The number of hydrogen-bond acceptors (Lipinski definition) is 1. The summed E-state index contributed by atoms with van der Waals surface area (Å²) in [4.78, 5) is 16.3. The molecule has 1 saturated carbocycles. The number of benzene rings is 3. The topological polar surface area (TPSA) is 20.3 Å². The van der Waals surface area contributed by atoms with E-state index < -0.39 is 0 Å². The molecule has 3 aromatic carbocycles. The summed E-state index contributed by atoms with van der Waals surface area (Å²) in [6.07, 6.45) is 3.56. The second-order valence-electron chi connectivity index (χ2n) is 9.34. The molecule has 156 valence electrons. The first-order valence-corrected chi connectivity index (χ1v) is 11.4. The number of amides is 1. The Morgan fingerprint density at radius 2 is 1.63 bits per heavy atom. The van der Waals surface area contributed by atoms with Gasteiger partial charge in [0.15, 0.2) is 0 Å². The fourth-order valence-electron chi connectivity index (χ4n) is 5.20. The Morgan fingerprint density at radius 1 is 0.933 bits per heavy atom. The normalized spacial score (nSPS) is 21.7. The maximum atomic E-state index is 14.1. The molecule has 0 N–H and O–H groups in total. The second kappa shape index (κ2) is 9.04. The lowest BCUT2D eigenvalue weighted by atomic mass is 9.73. The Hall–Kier alpha value is -2.61. The van der Waals surface area contributed by atoms with Gasteiger partial charge in [0, 0.05) is 18.2 Å². The van der Waals surface area contributed by atoms with Crippen LogP contribution in [0.1, 0.15) is 56.0 Å². The maximum Gasteiger partial charge on any atom is 0.255 e. The van der Waals surface area contributed by atoms with Gasteiger partial charge in [-0.15, -0.1) is 0 Å². The number of hydrogen-bond donors (Lipinski definition) is 0. The largest absolute Gasteiger partial charge is 0.331 e. The van der Waals surface area contributed by atoms with Crippen LogP contribution in [0, 0.1) is 17.8 Å². The Labute approximate surface area is 180 Å². The summed E-state index contributed by atoms with van der Waals surface area (Å²) in [5.74, 6) is 1.94. The molecule has 0 heterocycles. The lowest BCUT2D eigenvalue weighted by molar-refractivity contribution is 0.0368. The van der Waals surface area contributed by atoms with Crippen LogP contribution in [0.25, 0.3) is 10.8 Å². The molecule has 1 fully saturated rings. The van der Waals surface area contributed by atoms with E-state index >= 15 is 0 Å². The molecule has 3 atom stereocenters. The van der Waals surface area contributed by atoms with Crippen molar-refractivity contribution in [3.05, 3.63) is 83.9 Å². The van der Waals surface area contributed by atoms with Gasteiger partial charge in [0.05, 0.1) is 0 Å². The summed E-state index contributed by atoms with van der Waals surface area (Å²) < 4.78 is 0. The molecule has 0 aromatic heterocycles. The summed E-state index contributed by atoms with van der Waals surface area (Å²) in [6.45, 7) is 7.64. The van der Waals surface area contributed by atoms with Crippen LogP contribution in [-0.4, -0.2) is 16.8 Å². The minimum atomic E-state index is 0.167. The van der Waals surface area contributed by atoms with E-state index in [1.807, 2.05) is 30.3 Å². The zero-order chi connectivity index (χ0) is 21.1. The van der Waals surface area contributed by atoms with Crippen LogP contribution in [0.15, 0.2) is 72.8 Å². The lowest BCUT2D eigenvalue weighted by Crippen LogP contribution is -2.48. The molecule has 0 saturated heterocycles. The third kappa shape index (κ3) is 4.28. The van der Waals surface area contributed by atoms with Crippen molar-refractivity contribution in [3.8, 4) is 0 Å². The van der Waals surface area contributed by atoms with E-state index in [1.165, 1.54) is 18.4 Å². The van der Waals surface area contributed by atoms with Gasteiger partial charge in [-0.3, -0.25) is 4.79 Å². The van der Waals surface area contributed by atoms with Gasteiger partial charge in [0.2, 0.25) is 0 Å². The van der Waals surface area contributed by atoms with Gasteiger partial charge >= 0.3 is 0 Å². The number of carbonyl (C=O) groups excluding carboxylic acids is 1. The standard InChI is InChI=1S/C28H33NO/c1-20(2)24-17-16-21(3)18-27(24)29(19-22-10-5-4-6-11-22)28(30)26-15-9-13-23-12-7-8-14-25(23)26/h4-15,20-21,24,27H,16-19H2,1-3H3/t21-,24-,27-/m1/s1. The van der Waals surface area contributed by atoms with E-state index in [1.54, 1.807) is 0 Å². The zero-order valence-corrected chi connectivity index (χ0v) is 18.4. The van der Waals surface area contributed by atoms with E-state index in [2.05, 4.69) is 68.1 Å². The molecule has 2 heteroatoms. The molecule has 30 heavy (non-hydrogen) atoms. The minimum absolute atomic E-state index is 0.167. The SMILES string of the molecule is CC(C)[C@H]1CC[C@@H](C)C[C@H]1N(Cc1ccccc1)C(=O)c1cccc2ccccc12. The molecule has 2 nitrogen and oxygen atoms in total. The van der Waals surface area contributed by atoms with E-state index in [0.717, 1.165) is 22.8 Å². The molecule has 0 bridgehead atoms. The fourth-order valence-corrected chi connectivity index (χ4v) is 5.20. The van der Waals surface area contributed by atoms with Crippen LogP contribution in [0.2, 0.25) is 0 Å². The predicted molar refractivity (Wildman–Crippen MR) is 125 cm³/mol. The van der Waals surface area contributed by atoms with Crippen LogP contribution in [-0.2, 0) is 6.54 Å². The molecule has 1 aliphatic rings. The van der Waals surface area contributed by atoms with Crippen molar-refractivity contribution >= 4 is 16.7 Å². The molecular weight excluding hydrogens is 366 g/mol. The van der Waals surface area contributed by atoms with Crippen molar-refractivity contribution in [1.82, 2.24) is 4.90 Å². The van der Waals surface area contributed by atoms with Crippen molar-refractivity contribution in [2.24, 2.45) is 17.8 Å². The molecule has 0 spiro atoms. The summed E-state index contributed by atoms with van der Waals surface area (Å²) >= 11 is 0. The predicted octanol–water partition coefficient (Wildman–Crippen LogP) is 6.94. The summed E-state index contributed by atoms with van der Waals surface area (Å²) in [7, 11) is 0. The maximum absolute atomic E-state index is 14.1. The molecule has 0 unspecified atom stereocenters. The monoisotopic (exact) mass is 399 g/mol. The van der Waals surface area contributed by atoms with Gasteiger partial charge in [0.25, 0.3) is 5.91 Å². The molecular formula is C28H33NO. The van der Waals surface area contributed by atoms with Gasteiger partial charge in [0.1, 0.15) is 0 Å². The summed E-state index contributed by atoms with van der Waals surface area (Å²) in [5.41, 5.74) is 2.02. The highest BCUT2D eigenvalue weighted by atomic mass is 16.2. The number of rotatable bonds is 5. The molecule has 0 radical (unpaired) electrons.